The summed E-state index contributed by atoms with van der Waals surface area (Å²) in [7, 11) is 1.68. The molecule has 0 spiro atoms. The molecule has 0 aromatic heterocycles. The molecule has 0 saturated carbocycles. The molecule has 0 saturated heterocycles. The molecule has 1 aromatic carbocycles. The molecule has 0 aliphatic heterocycles. The van der Waals surface area contributed by atoms with Crippen molar-refractivity contribution in [3.8, 4) is 5.75 Å². The van der Waals surface area contributed by atoms with Gasteiger partial charge in [-0.05, 0) is 37.2 Å². The standard InChI is InChI=1S/C18H30N2O2/c1-5-8-12-18(21)19-14-17(20(6-2)7-3)15-10-9-11-16(13-15)22-4/h9-11,13,17H,5-8,12,14H2,1-4H3,(H,19,21). The molecule has 124 valence electrons. The van der Waals surface area contributed by atoms with Crippen molar-refractivity contribution in [2.45, 2.75) is 46.1 Å². The highest BCUT2D eigenvalue weighted by atomic mass is 16.5. The van der Waals surface area contributed by atoms with Crippen molar-refractivity contribution in [1.29, 1.82) is 0 Å². The van der Waals surface area contributed by atoms with Gasteiger partial charge < -0.3 is 10.1 Å². The zero-order valence-corrected chi connectivity index (χ0v) is 14.4. The number of ether oxygens (including phenoxy) is 1. The molecule has 1 amide bonds. The van der Waals surface area contributed by atoms with E-state index in [1.54, 1.807) is 7.11 Å². The summed E-state index contributed by atoms with van der Waals surface area (Å²) in [6, 6.07) is 8.28. The molecule has 1 N–H and O–H groups in total. The average molecular weight is 306 g/mol. The second-order valence-electron chi connectivity index (χ2n) is 5.42. The van der Waals surface area contributed by atoms with Crippen LogP contribution in [0.3, 0.4) is 0 Å². The predicted octanol–water partition coefficient (Wildman–Crippen LogP) is 3.38. The number of nitrogens with one attached hydrogen (secondary N) is 1. The number of carbonyl (C=O) groups excluding carboxylic acids is 1. The Morgan fingerprint density at radius 2 is 2.00 bits per heavy atom. The molecular weight excluding hydrogens is 276 g/mol. The Bertz CT molecular complexity index is 444. The SMILES string of the molecule is CCCCC(=O)NCC(c1cccc(OC)c1)N(CC)CC. The topological polar surface area (TPSA) is 41.6 Å². The second-order valence-corrected chi connectivity index (χ2v) is 5.42. The van der Waals surface area contributed by atoms with E-state index < -0.39 is 0 Å². The zero-order chi connectivity index (χ0) is 16.4. The van der Waals surface area contributed by atoms with Crippen LogP contribution in [0.4, 0.5) is 0 Å². The Kier molecular flexibility index (Phi) is 8.60. The van der Waals surface area contributed by atoms with Crippen LogP contribution < -0.4 is 10.1 Å². The molecule has 1 aromatic rings. The summed E-state index contributed by atoms with van der Waals surface area (Å²) in [5.41, 5.74) is 1.18. The first kappa shape index (κ1) is 18.5. The smallest absolute Gasteiger partial charge is 0.220 e. The molecule has 0 heterocycles. The van der Waals surface area contributed by atoms with Gasteiger partial charge in [0.2, 0.25) is 5.91 Å². The highest BCUT2D eigenvalue weighted by Crippen LogP contribution is 2.23. The van der Waals surface area contributed by atoms with E-state index in [1.807, 2.05) is 12.1 Å². The number of methoxy groups -OCH3 is 1. The van der Waals surface area contributed by atoms with Crippen molar-refractivity contribution in [2.24, 2.45) is 0 Å². The number of amides is 1. The zero-order valence-electron chi connectivity index (χ0n) is 14.4. The van der Waals surface area contributed by atoms with E-state index in [9.17, 15) is 4.79 Å². The first-order valence-electron chi connectivity index (χ1n) is 8.30. The van der Waals surface area contributed by atoms with Gasteiger partial charge in [-0.1, -0.05) is 39.3 Å². The monoisotopic (exact) mass is 306 g/mol. The third-order valence-electron chi connectivity index (χ3n) is 3.98. The van der Waals surface area contributed by atoms with Gasteiger partial charge in [0.15, 0.2) is 0 Å². The minimum Gasteiger partial charge on any atom is -0.497 e. The Balaban J connectivity index is 2.81. The van der Waals surface area contributed by atoms with Gasteiger partial charge in [0.1, 0.15) is 5.75 Å². The first-order chi connectivity index (χ1) is 10.7. The lowest BCUT2D eigenvalue weighted by Crippen LogP contribution is -2.38. The van der Waals surface area contributed by atoms with Crippen LogP contribution in [0.25, 0.3) is 0 Å². The van der Waals surface area contributed by atoms with Crippen LogP contribution in [0.1, 0.15) is 51.6 Å². The first-order valence-corrected chi connectivity index (χ1v) is 8.30. The molecule has 1 unspecified atom stereocenters. The van der Waals surface area contributed by atoms with E-state index in [0.717, 1.165) is 31.7 Å². The summed E-state index contributed by atoms with van der Waals surface area (Å²) in [5, 5.41) is 3.08. The van der Waals surface area contributed by atoms with Crippen LogP contribution in [-0.2, 0) is 4.79 Å². The predicted molar refractivity (Wildman–Crippen MR) is 91.2 cm³/mol. The molecule has 22 heavy (non-hydrogen) atoms. The number of benzene rings is 1. The molecule has 0 aliphatic carbocycles. The van der Waals surface area contributed by atoms with Gasteiger partial charge in [0.05, 0.1) is 13.2 Å². The van der Waals surface area contributed by atoms with Gasteiger partial charge in [0, 0.05) is 13.0 Å². The summed E-state index contributed by atoms with van der Waals surface area (Å²) in [6.07, 6.45) is 2.60. The molecule has 4 heteroatoms. The fourth-order valence-corrected chi connectivity index (χ4v) is 2.61. The third kappa shape index (κ3) is 5.68. The minimum absolute atomic E-state index is 0.141. The molecule has 1 rings (SSSR count). The Morgan fingerprint density at radius 1 is 1.27 bits per heavy atom. The number of likely N-dealkylation sites (N-methyl/N-ethyl adjacent to an activating group) is 1. The van der Waals surface area contributed by atoms with E-state index in [-0.39, 0.29) is 11.9 Å². The van der Waals surface area contributed by atoms with Gasteiger partial charge in [-0.3, -0.25) is 9.69 Å². The van der Waals surface area contributed by atoms with Crippen LogP contribution in [0, 0.1) is 0 Å². The quantitative estimate of drug-likeness (QED) is 0.720. The lowest BCUT2D eigenvalue weighted by molar-refractivity contribution is -0.121. The summed E-state index contributed by atoms with van der Waals surface area (Å²) in [4.78, 5) is 14.3. The van der Waals surface area contributed by atoms with Crippen molar-refractivity contribution in [1.82, 2.24) is 10.2 Å². The van der Waals surface area contributed by atoms with Gasteiger partial charge in [-0.25, -0.2) is 0 Å². The minimum atomic E-state index is 0.141. The average Bonchev–Trinajstić information content (AvgIpc) is 2.56. The van der Waals surface area contributed by atoms with Gasteiger partial charge >= 0.3 is 0 Å². The van der Waals surface area contributed by atoms with Crippen molar-refractivity contribution >= 4 is 5.91 Å². The fourth-order valence-electron chi connectivity index (χ4n) is 2.61. The maximum Gasteiger partial charge on any atom is 0.220 e. The second kappa shape index (κ2) is 10.2. The summed E-state index contributed by atoms with van der Waals surface area (Å²) in [6.45, 7) is 8.93. The molecule has 0 aliphatic rings. The molecule has 4 nitrogen and oxygen atoms in total. The Morgan fingerprint density at radius 3 is 2.59 bits per heavy atom. The molecule has 0 radical (unpaired) electrons. The van der Waals surface area contributed by atoms with Gasteiger partial charge in [0.25, 0.3) is 0 Å². The highest BCUT2D eigenvalue weighted by Gasteiger charge is 2.19. The number of unbranched alkanes of at least 4 members (excludes halogenated alkanes) is 1. The van der Waals surface area contributed by atoms with Gasteiger partial charge in [-0.2, -0.15) is 0 Å². The maximum absolute atomic E-state index is 11.9. The number of nitrogens with zero attached hydrogens (tertiary/aromatic N) is 1. The third-order valence-corrected chi connectivity index (χ3v) is 3.98. The Labute approximate surface area is 134 Å². The van der Waals surface area contributed by atoms with Crippen LogP contribution in [-0.4, -0.2) is 37.6 Å². The summed E-state index contributed by atoms with van der Waals surface area (Å²) in [5.74, 6) is 0.994. The van der Waals surface area contributed by atoms with Crippen LogP contribution in [0.15, 0.2) is 24.3 Å². The van der Waals surface area contributed by atoms with Crippen molar-refractivity contribution < 1.29 is 9.53 Å². The maximum atomic E-state index is 11.9. The summed E-state index contributed by atoms with van der Waals surface area (Å²) >= 11 is 0. The van der Waals surface area contributed by atoms with Crippen LogP contribution >= 0.6 is 0 Å². The fraction of sp³-hybridized carbons (Fsp3) is 0.611. The lowest BCUT2D eigenvalue weighted by Gasteiger charge is -2.30. The highest BCUT2D eigenvalue weighted by molar-refractivity contribution is 5.75. The molecule has 0 fully saturated rings. The van der Waals surface area contributed by atoms with Crippen molar-refractivity contribution in [3.63, 3.8) is 0 Å². The van der Waals surface area contributed by atoms with E-state index >= 15 is 0 Å². The van der Waals surface area contributed by atoms with Crippen molar-refractivity contribution in [2.75, 3.05) is 26.7 Å². The largest absolute Gasteiger partial charge is 0.497 e. The lowest BCUT2D eigenvalue weighted by atomic mass is 10.0. The van der Waals surface area contributed by atoms with E-state index in [0.29, 0.717) is 13.0 Å². The van der Waals surface area contributed by atoms with E-state index in [2.05, 4.69) is 43.1 Å². The molecule has 0 bridgehead atoms. The molecular formula is C18H30N2O2. The normalized spacial score (nSPS) is 12.2. The number of hydrogen-bond donors (Lipinski definition) is 1. The van der Waals surface area contributed by atoms with E-state index in [1.165, 1.54) is 5.56 Å². The van der Waals surface area contributed by atoms with Crippen molar-refractivity contribution in [3.05, 3.63) is 29.8 Å². The van der Waals surface area contributed by atoms with E-state index in [4.69, 9.17) is 4.74 Å². The number of rotatable bonds is 10. The van der Waals surface area contributed by atoms with Crippen LogP contribution in [0.5, 0.6) is 5.75 Å². The number of hydrogen-bond acceptors (Lipinski definition) is 3. The van der Waals surface area contributed by atoms with Gasteiger partial charge in [-0.15, -0.1) is 0 Å². The number of carbonyl (C=O) groups is 1. The van der Waals surface area contributed by atoms with Crippen LogP contribution in [0.2, 0.25) is 0 Å². The summed E-state index contributed by atoms with van der Waals surface area (Å²) < 4.78 is 5.32. The molecule has 1 atom stereocenters. The Hall–Kier alpha value is -1.55.